The predicted octanol–water partition coefficient (Wildman–Crippen LogP) is 4.09. The number of alkyl halides is 1. The molecule has 1 aliphatic rings. The third kappa shape index (κ3) is 2.43. The van der Waals surface area contributed by atoms with E-state index in [1.165, 1.54) is 0 Å². The van der Waals surface area contributed by atoms with Gasteiger partial charge in [-0.15, -0.1) is 0 Å². The number of ether oxygens (including phenoxy) is 1. The Morgan fingerprint density at radius 1 is 1.47 bits per heavy atom. The Hall–Kier alpha value is -0.350. The highest BCUT2D eigenvalue weighted by Crippen LogP contribution is 2.52. The van der Waals surface area contributed by atoms with Crippen molar-refractivity contribution in [1.82, 2.24) is 0 Å². The van der Waals surface area contributed by atoms with Crippen LogP contribution in [0.1, 0.15) is 35.7 Å². The normalized spacial score (nSPS) is 16.7. The predicted molar refractivity (Wildman–Crippen MR) is 75.4 cm³/mol. The Bertz CT molecular complexity index is 465. The third-order valence-electron chi connectivity index (χ3n) is 3.34. The van der Waals surface area contributed by atoms with Crippen molar-refractivity contribution < 1.29 is 9.53 Å². The maximum atomic E-state index is 11.8. The van der Waals surface area contributed by atoms with Gasteiger partial charge in [-0.25, -0.2) is 0 Å². The van der Waals surface area contributed by atoms with Gasteiger partial charge in [0, 0.05) is 11.1 Å². The van der Waals surface area contributed by atoms with Crippen molar-refractivity contribution >= 4 is 37.6 Å². The highest BCUT2D eigenvalue weighted by molar-refractivity contribution is 9.10. The number of hydrogen-bond donors (Lipinski definition) is 0. The van der Waals surface area contributed by atoms with Gasteiger partial charge in [0.25, 0.3) is 0 Å². The molecule has 0 amide bonds. The first-order valence-corrected chi connectivity index (χ1v) is 7.40. The smallest absolute Gasteiger partial charge is 0.173 e. The van der Waals surface area contributed by atoms with Gasteiger partial charge in [-0.1, -0.05) is 22.9 Å². The average molecular weight is 362 g/mol. The number of Topliss-reactive ketones (excluding diaryl/α,β-unsaturated/α-hetero) is 1. The monoisotopic (exact) mass is 360 g/mol. The molecule has 1 fully saturated rings. The summed E-state index contributed by atoms with van der Waals surface area (Å²) in [5, 5.41) is 0.349. The van der Waals surface area contributed by atoms with E-state index >= 15 is 0 Å². The highest BCUT2D eigenvalue weighted by atomic mass is 79.9. The average Bonchev–Trinajstić information content (AvgIpc) is 3.06. The molecule has 0 aliphatic heterocycles. The first-order chi connectivity index (χ1) is 8.01. The molecule has 1 aliphatic carbocycles. The maximum Gasteiger partial charge on any atom is 0.173 e. The van der Waals surface area contributed by atoms with Crippen molar-refractivity contribution in [2.24, 2.45) is 0 Å². The zero-order valence-electron chi connectivity index (χ0n) is 9.85. The second kappa shape index (κ2) is 4.73. The standard InChI is InChI=1S/C13H14Br2O2/c1-13(3-4-13)9-5-8(11(16)7-14)6-10(15)12(9)17-2/h5-6H,3-4,7H2,1-2H3. The molecular weight excluding hydrogens is 348 g/mol. The lowest BCUT2D eigenvalue weighted by molar-refractivity contribution is 0.102. The van der Waals surface area contributed by atoms with Gasteiger partial charge in [-0.05, 0) is 46.3 Å². The number of hydrogen-bond acceptors (Lipinski definition) is 2. The number of benzene rings is 1. The molecule has 0 radical (unpaired) electrons. The molecule has 0 aromatic heterocycles. The fourth-order valence-electron chi connectivity index (χ4n) is 1.94. The molecule has 0 atom stereocenters. The zero-order chi connectivity index (χ0) is 12.6. The molecule has 2 nitrogen and oxygen atoms in total. The van der Waals surface area contributed by atoms with Gasteiger partial charge >= 0.3 is 0 Å². The lowest BCUT2D eigenvalue weighted by Gasteiger charge is -2.17. The molecule has 1 saturated carbocycles. The van der Waals surface area contributed by atoms with Gasteiger partial charge in [-0.2, -0.15) is 0 Å². The van der Waals surface area contributed by atoms with Gasteiger partial charge < -0.3 is 4.74 Å². The molecule has 17 heavy (non-hydrogen) atoms. The van der Waals surface area contributed by atoms with E-state index in [-0.39, 0.29) is 11.2 Å². The zero-order valence-corrected chi connectivity index (χ0v) is 13.0. The molecule has 1 aromatic carbocycles. The van der Waals surface area contributed by atoms with Crippen LogP contribution >= 0.6 is 31.9 Å². The molecule has 2 rings (SSSR count). The van der Waals surface area contributed by atoms with Crippen LogP contribution in [-0.4, -0.2) is 18.2 Å². The van der Waals surface area contributed by atoms with Gasteiger partial charge in [0.05, 0.1) is 16.9 Å². The van der Waals surface area contributed by atoms with Crippen LogP contribution in [0, 0.1) is 0 Å². The first-order valence-electron chi connectivity index (χ1n) is 5.49. The lowest BCUT2D eigenvalue weighted by atomic mass is 9.94. The van der Waals surface area contributed by atoms with Crippen LogP contribution < -0.4 is 4.74 Å². The summed E-state index contributed by atoms with van der Waals surface area (Å²) in [5.41, 5.74) is 2.05. The van der Waals surface area contributed by atoms with Crippen LogP contribution in [0.15, 0.2) is 16.6 Å². The van der Waals surface area contributed by atoms with Crippen LogP contribution in [0.5, 0.6) is 5.75 Å². The molecule has 0 spiro atoms. The number of halogens is 2. The molecule has 0 unspecified atom stereocenters. The Morgan fingerprint density at radius 3 is 2.59 bits per heavy atom. The molecular formula is C13H14Br2O2. The summed E-state index contributed by atoms with van der Waals surface area (Å²) < 4.78 is 6.30. The minimum absolute atomic E-state index is 0.0962. The van der Waals surface area contributed by atoms with Crippen molar-refractivity contribution in [3.8, 4) is 5.75 Å². The van der Waals surface area contributed by atoms with E-state index in [2.05, 4.69) is 38.8 Å². The fraction of sp³-hybridized carbons (Fsp3) is 0.462. The molecule has 0 N–H and O–H groups in total. The topological polar surface area (TPSA) is 26.3 Å². The van der Waals surface area contributed by atoms with Crippen LogP contribution in [-0.2, 0) is 5.41 Å². The highest BCUT2D eigenvalue weighted by Gasteiger charge is 2.42. The molecule has 0 heterocycles. The van der Waals surface area contributed by atoms with Crippen LogP contribution in [0.2, 0.25) is 0 Å². The summed E-state index contributed by atoms with van der Waals surface area (Å²) in [4.78, 5) is 11.8. The quantitative estimate of drug-likeness (QED) is 0.596. The fourth-order valence-corrected chi connectivity index (χ4v) is 2.89. The van der Waals surface area contributed by atoms with E-state index in [1.807, 2.05) is 12.1 Å². The molecule has 1 aromatic rings. The van der Waals surface area contributed by atoms with Crippen molar-refractivity contribution in [3.63, 3.8) is 0 Å². The lowest BCUT2D eigenvalue weighted by Crippen LogP contribution is -2.08. The van der Waals surface area contributed by atoms with Crippen molar-refractivity contribution in [3.05, 3.63) is 27.7 Å². The first kappa shape index (κ1) is 13.1. The number of carbonyl (C=O) groups is 1. The van der Waals surface area contributed by atoms with Gasteiger partial charge in [0.1, 0.15) is 5.75 Å². The molecule has 4 heteroatoms. The summed E-state index contributed by atoms with van der Waals surface area (Å²) in [7, 11) is 1.67. The van der Waals surface area contributed by atoms with Crippen molar-refractivity contribution in [2.45, 2.75) is 25.2 Å². The minimum Gasteiger partial charge on any atom is -0.495 e. The minimum atomic E-state index is 0.0962. The van der Waals surface area contributed by atoms with E-state index in [0.717, 1.165) is 34.2 Å². The largest absolute Gasteiger partial charge is 0.495 e. The van der Waals surface area contributed by atoms with Crippen LogP contribution in [0.4, 0.5) is 0 Å². The Balaban J connectivity index is 2.54. The van der Waals surface area contributed by atoms with Gasteiger partial charge in [0.2, 0.25) is 0 Å². The summed E-state index contributed by atoms with van der Waals surface area (Å²) in [6.07, 6.45) is 2.31. The number of rotatable bonds is 4. The number of ketones is 1. The molecule has 0 bridgehead atoms. The van der Waals surface area contributed by atoms with E-state index < -0.39 is 0 Å². The summed E-state index contributed by atoms with van der Waals surface area (Å²) in [5.74, 6) is 0.954. The SMILES string of the molecule is COc1c(Br)cc(C(=O)CBr)cc1C1(C)CC1. The number of carbonyl (C=O) groups excluding carboxylic acids is 1. The van der Waals surface area contributed by atoms with E-state index in [1.54, 1.807) is 7.11 Å². The number of methoxy groups -OCH3 is 1. The maximum absolute atomic E-state index is 11.8. The van der Waals surface area contributed by atoms with E-state index in [9.17, 15) is 4.79 Å². The summed E-state index contributed by atoms with van der Waals surface area (Å²) in [6, 6.07) is 3.80. The second-order valence-electron chi connectivity index (χ2n) is 4.66. The van der Waals surface area contributed by atoms with Crippen LogP contribution in [0.3, 0.4) is 0 Å². The van der Waals surface area contributed by atoms with E-state index in [0.29, 0.717) is 5.33 Å². The Morgan fingerprint density at radius 2 is 2.12 bits per heavy atom. The third-order valence-corrected chi connectivity index (χ3v) is 4.44. The Kier molecular flexibility index (Phi) is 3.64. The van der Waals surface area contributed by atoms with Crippen LogP contribution in [0.25, 0.3) is 0 Å². The van der Waals surface area contributed by atoms with Crippen molar-refractivity contribution in [2.75, 3.05) is 12.4 Å². The van der Waals surface area contributed by atoms with Gasteiger partial charge in [-0.3, -0.25) is 4.79 Å². The molecule has 92 valence electrons. The summed E-state index contributed by atoms with van der Waals surface area (Å²) >= 11 is 6.69. The van der Waals surface area contributed by atoms with E-state index in [4.69, 9.17) is 4.74 Å². The molecule has 0 saturated heterocycles. The summed E-state index contributed by atoms with van der Waals surface area (Å²) in [6.45, 7) is 2.21. The van der Waals surface area contributed by atoms with Crippen molar-refractivity contribution in [1.29, 1.82) is 0 Å². The van der Waals surface area contributed by atoms with Gasteiger partial charge in [0.15, 0.2) is 5.78 Å². The second-order valence-corrected chi connectivity index (χ2v) is 6.07. The Labute approximate surface area is 118 Å².